The van der Waals surface area contributed by atoms with Crippen LogP contribution in [-0.2, 0) is 14.8 Å². The van der Waals surface area contributed by atoms with Gasteiger partial charge in [-0.15, -0.1) is 0 Å². The molecule has 0 aromatic heterocycles. The number of aliphatic carboxylic acids is 1. The lowest BCUT2D eigenvalue weighted by molar-refractivity contribution is -0.141. The first-order valence-corrected chi connectivity index (χ1v) is 7.49. The smallest absolute Gasteiger partial charge is 0.308 e. The number of hydrogen-bond donors (Lipinski definition) is 2. The molecular weight excluding hydrogens is 292 g/mol. The largest absolute Gasteiger partial charge is 0.481 e. The summed E-state index contributed by atoms with van der Waals surface area (Å²) in [7, 11) is -4.15. The Kier molecular flexibility index (Phi) is 4.05. The quantitative estimate of drug-likeness (QED) is 0.883. The van der Waals surface area contributed by atoms with Crippen molar-refractivity contribution in [2.45, 2.75) is 30.2 Å². The van der Waals surface area contributed by atoms with Crippen LogP contribution in [0.25, 0.3) is 0 Å². The molecule has 2 unspecified atom stereocenters. The van der Waals surface area contributed by atoms with E-state index in [1.54, 1.807) is 0 Å². The third kappa shape index (κ3) is 3.13. The molecule has 2 N–H and O–H groups in total. The molecule has 1 fully saturated rings. The molecule has 1 aromatic carbocycles. The van der Waals surface area contributed by atoms with E-state index in [-0.39, 0.29) is 0 Å². The molecule has 0 bridgehead atoms. The zero-order chi connectivity index (χ0) is 14.9. The summed E-state index contributed by atoms with van der Waals surface area (Å²) in [5.74, 6) is -3.91. The van der Waals surface area contributed by atoms with Crippen LogP contribution in [0, 0.1) is 17.6 Å². The van der Waals surface area contributed by atoms with Gasteiger partial charge in [-0.05, 0) is 25.0 Å². The van der Waals surface area contributed by atoms with E-state index in [0.29, 0.717) is 37.5 Å². The molecule has 1 aromatic rings. The van der Waals surface area contributed by atoms with Crippen LogP contribution in [0.5, 0.6) is 0 Å². The van der Waals surface area contributed by atoms with Crippen LogP contribution in [0.4, 0.5) is 8.78 Å². The third-order valence-corrected chi connectivity index (χ3v) is 4.76. The van der Waals surface area contributed by atoms with Crippen molar-refractivity contribution < 1.29 is 27.1 Å². The molecule has 8 heteroatoms. The van der Waals surface area contributed by atoms with Gasteiger partial charge >= 0.3 is 5.97 Å². The minimum Gasteiger partial charge on any atom is -0.481 e. The van der Waals surface area contributed by atoms with E-state index in [2.05, 4.69) is 4.72 Å². The summed E-state index contributed by atoms with van der Waals surface area (Å²) in [6, 6.07) is 1.19. The zero-order valence-corrected chi connectivity index (χ0v) is 11.2. The van der Waals surface area contributed by atoms with E-state index in [0.717, 1.165) is 0 Å². The number of halogens is 2. The van der Waals surface area contributed by atoms with Crippen LogP contribution < -0.4 is 4.72 Å². The molecule has 1 saturated carbocycles. The Bertz CT molecular complexity index is 612. The SMILES string of the molecule is O=C(O)C1CCCC1NS(=O)(=O)c1cc(F)cc(F)c1. The molecule has 2 rings (SSSR count). The van der Waals surface area contributed by atoms with Crippen LogP contribution in [0.1, 0.15) is 19.3 Å². The van der Waals surface area contributed by atoms with Gasteiger partial charge < -0.3 is 5.11 Å². The number of carboxylic acids is 1. The van der Waals surface area contributed by atoms with Gasteiger partial charge in [0.2, 0.25) is 10.0 Å². The lowest BCUT2D eigenvalue weighted by Crippen LogP contribution is -2.40. The van der Waals surface area contributed by atoms with Gasteiger partial charge in [0.1, 0.15) is 11.6 Å². The minimum absolute atomic E-state index is 0.375. The Labute approximate surface area is 114 Å². The summed E-state index contributed by atoms with van der Waals surface area (Å²) in [6.45, 7) is 0. The number of hydrogen-bond acceptors (Lipinski definition) is 3. The Balaban J connectivity index is 2.25. The standard InChI is InChI=1S/C12H13F2NO4S/c13-7-4-8(14)6-9(5-7)20(18,19)15-11-3-1-2-10(11)12(16)17/h4-6,10-11,15H,1-3H2,(H,16,17). The fourth-order valence-corrected chi connectivity index (χ4v) is 3.70. The summed E-state index contributed by atoms with van der Waals surface area (Å²) in [5.41, 5.74) is 0. The van der Waals surface area contributed by atoms with Gasteiger partial charge in [0.05, 0.1) is 10.8 Å². The second-order valence-electron chi connectivity index (χ2n) is 4.71. The molecule has 0 amide bonds. The molecular formula is C12H13F2NO4S. The van der Waals surface area contributed by atoms with Crippen molar-refractivity contribution in [1.82, 2.24) is 4.72 Å². The predicted molar refractivity (Wildman–Crippen MR) is 65.4 cm³/mol. The van der Waals surface area contributed by atoms with Crippen molar-refractivity contribution in [2.75, 3.05) is 0 Å². The zero-order valence-electron chi connectivity index (χ0n) is 10.3. The fraction of sp³-hybridized carbons (Fsp3) is 0.417. The topological polar surface area (TPSA) is 83.5 Å². The van der Waals surface area contributed by atoms with Gasteiger partial charge in [-0.1, -0.05) is 6.42 Å². The average Bonchev–Trinajstić information content (AvgIpc) is 2.75. The van der Waals surface area contributed by atoms with Crippen molar-refractivity contribution in [3.8, 4) is 0 Å². The van der Waals surface area contributed by atoms with Crippen LogP contribution in [-0.4, -0.2) is 25.5 Å². The Morgan fingerprint density at radius 1 is 1.20 bits per heavy atom. The first-order chi connectivity index (χ1) is 9.29. The van der Waals surface area contributed by atoms with Crippen LogP contribution in [0.15, 0.2) is 23.1 Å². The fourth-order valence-electron chi connectivity index (χ4n) is 2.35. The van der Waals surface area contributed by atoms with E-state index in [1.807, 2.05) is 0 Å². The number of nitrogens with one attached hydrogen (secondary N) is 1. The van der Waals surface area contributed by atoms with Gasteiger partial charge in [0.15, 0.2) is 0 Å². The van der Waals surface area contributed by atoms with E-state index in [4.69, 9.17) is 5.11 Å². The summed E-state index contributed by atoms with van der Waals surface area (Å²) < 4.78 is 52.4. The number of carbonyl (C=O) groups is 1. The van der Waals surface area contributed by atoms with Crippen LogP contribution in [0.2, 0.25) is 0 Å². The van der Waals surface area contributed by atoms with Crippen molar-refractivity contribution in [3.63, 3.8) is 0 Å². The molecule has 20 heavy (non-hydrogen) atoms. The number of carboxylic acid groups (broad SMARTS) is 1. The van der Waals surface area contributed by atoms with E-state index in [9.17, 15) is 22.0 Å². The molecule has 0 aliphatic heterocycles. The second kappa shape index (κ2) is 5.45. The maximum Gasteiger partial charge on any atom is 0.308 e. The maximum atomic E-state index is 13.1. The summed E-state index contributed by atoms with van der Waals surface area (Å²) >= 11 is 0. The molecule has 110 valence electrons. The van der Waals surface area contributed by atoms with Crippen molar-refractivity contribution >= 4 is 16.0 Å². The summed E-state index contributed by atoms with van der Waals surface area (Å²) in [4.78, 5) is 10.4. The highest BCUT2D eigenvalue weighted by molar-refractivity contribution is 7.89. The van der Waals surface area contributed by atoms with Crippen LogP contribution in [0.3, 0.4) is 0 Å². The van der Waals surface area contributed by atoms with Crippen LogP contribution >= 0.6 is 0 Å². The molecule has 0 spiro atoms. The lowest BCUT2D eigenvalue weighted by atomic mass is 10.1. The molecule has 1 aliphatic rings. The molecule has 0 saturated heterocycles. The van der Waals surface area contributed by atoms with E-state index >= 15 is 0 Å². The Morgan fingerprint density at radius 2 is 1.80 bits per heavy atom. The number of sulfonamides is 1. The molecule has 2 atom stereocenters. The minimum atomic E-state index is -4.15. The van der Waals surface area contributed by atoms with Crippen molar-refractivity contribution in [2.24, 2.45) is 5.92 Å². The highest BCUT2D eigenvalue weighted by Gasteiger charge is 2.36. The molecule has 1 aliphatic carbocycles. The monoisotopic (exact) mass is 305 g/mol. The highest BCUT2D eigenvalue weighted by Crippen LogP contribution is 2.27. The predicted octanol–water partition coefficient (Wildman–Crippen LogP) is 1.50. The molecule has 5 nitrogen and oxygen atoms in total. The Morgan fingerprint density at radius 3 is 2.35 bits per heavy atom. The van der Waals surface area contributed by atoms with Crippen molar-refractivity contribution in [3.05, 3.63) is 29.8 Å². The van der Waals surface area contributed by atoms with Gasteiger partial charge in [0, 0.05) is 12.1 Å². The third-order valence-electron chi connectivity index (χ3n) is 3.29. The van der Waals surface area contributed by atoms with Gasteiger partial charge in [-0.25, -0.2) is 21.9 Å². The first kappa shape index (κ1) is 14.9. The summed E-state index contributed by atoms with van der Waals surface area (Å²) in [6.07, 6.45) is 1.34. The highest BCUT2D eigenvalue weighted by atomic mass is 32.2. The number of benzene rings is 1. The first-order valence-electron chi connectivity index (χ1n) is 6.01. The van der Waals surface area contributed by atoms with Gasteiger partial charge in [-0.2, -0.15) is 0 Å². The van der Waals surface area contributed by atoms with Gasteiger partial charge in [0.25, 0.3) is 0 Å². The Hall–Kier alpha value is -1.54. The maximum absolute atomic E-state index is 13.1. The second-order valence-corrected chi connectivity index (χ2v) is 6.42. The lowest BCUT2D eigenvalue weighted by Gasteiger charge is -2.17. The molecule has 0 radical (unpaired) electrons. The van der Waals surface area contributed by atoms with E-state index in [1.165, 1.54) is 0 Å². The molecule has 0 heterocycles. The van der Waals surface area contributed by atoms with Crippen molar-refractivity contribution in [1.29, 1.82) is 0 Å². The van der Waals surface area contributed by atoms with E-state index < -0.39 is 44.5 Å². The number of rotatable bonds is 4. The average molecular weight is 305 g/mol. The normalized spacial score (nSPS) is 22.9. The summed E-state index contributed by atoms with van der Waals surface area (Å²) in [5, 5.41) is 8.98. The van der Waals surface area contributed by atoms with Gasteiger partial charge in [-0.3, -0.25) is 4.79 Å².